The largest absolute Gasteiger partial charge is 0.367 e. The van der Waals surface area contributed by atoms with Crippen molar-refractivity contribution in [3.63, 3.8) is 0 Å². The highest BCUT2D eigenvalue weighted by molar-refractivity contribution is 7.99. The molecule has 0 aliphatic carbocycles. The van der Waals surface area contributed by atoms with Crippen molar-refractivity contribution in [3.05, 3.63) is 11.0 Å². The van der Waals surface area contributed by atoms with E-state index in [0.29, 0.717) is 6.42 Å². The standard InChI is InChI=1S/C13H19ClN4OS/c1-8(4-5-10(19)18(2)3)15-12-11-9(6-7-20-11)16-13(14)17-12/h8H,4-7H2,1-3H3,(H,15,16,17)/t8-/m1/s1. The normalized spacial score (nSPS) is 14.8. The molecular weight excluding hydrogens is 296 g/mol. The van der Waals surface area contributed by atoms with Crippen LogP contribution in [0.25, 0.3) is 0 Å². The molecule has 0 saturated heterocycles. The molecular formula is C13H19ClN4OS. The Bertz CT molecular complexity index is 509. The highest BCUT2D eigenvalue weighted by Crippen LogP contribution is 2.36. The molecule has 1 aliphatic heterocycles. The Hall–Kier alpha value is -1.01. The van der Waals surface area contributed by atoms with E-state index in [4.69, 9.17) is 11.6 Å². The van der Waals surface area contributed by atoms with Crippen LogP contribution >= 0.6 is 23.4 Å². The van der Waals surface area contributed by atoms with Gasteiger partial charge in [0.1, 0.15) is 5.82 Å². The van der Waals surface area contributed by atoms with E-state index in [1.165, 1.54) is 0 Å². The van der Waals surface area contributed by atoms with Gasteiger partial charge in [0.25, 0.3) is 0 Å². The zero-order valence-electron chi connectivity index (χ0n) is 11.9. The molecule has 7 heteroatoms. The number of nitrogens with zero attached hydrogens (tertiary/aromatic N) is 3. The number of hydrogen-bond acceptors (Lipinski definition) is 5. The smallest absolute Gasteiger partial charge is 0.224 e. The third kappa shape index (κ3) is 3.76. The fourth-order valence-corrected chi connectivity index (χ4v) is 3.25. The summed E-state index contributed by atoms with van der Waals surface area (Å²) in [4.78, 5) is 22.8. The number of amides is 1. The van der Waals surface area contributed by atoms with Crippen LogP contribution in [0.15, 0.2) is 4.90 Å². The third-order valence-electron chi connectivity index (χ3n) is 3.17. The number of aryl methyl sites for hydroxylation is 1. The van der Waals surface area contributed by atoms with E-state index in [0.717, 1.165) is 35.0 Å². The number of carbonyl (C=O) groups is 1. The first-order chi connectivity index (χ1) is 9.47. The van der Waals surface area contributed by atoms with Crippen LogP contribution in [-0.2, 0) is 11.2 Å². The summed E-state index contributed by atoms with van der Waals surface area (Å²) >= 11 is 7.70. The number of carbonyl (C=O) groups excluding carboxylic acids is 1. The molecule has 5 nitrogen and oxygen atoms in total. The van der Waals surface area contributed by atoms with Crippen molar-refractivity contribution in [1.29, 1.82) is 0 Å². The summed E-state index contributed by atoms with van der Waals surface area (Å²) < 4.78 is 0. The molecule has 20 heavy (non-hydrogen) atoms. The molecule has 1 amide bonds. The molecule has 0 bridgehead atoms. The van der Waals surface area contributed by atoms with Gasteiger partial charge in [0.05, 0.1) is 10.6 Å². The summed E-state index contributed by atoms with van der Waals surface area (Å²) in [7, 11) is 3.54. The monoisotopic (exact) mass is 314 g/mol. The van der Waals surface area contributed by atoms with E-state index < -0.39 is 0 Å². The van der Waals surface area contributed by atoms with Crippen LogP contribution in [-0.4, -0.2) is 46.7 Å². The van der Waals surface area contributed by atoms with Crippen LogP contribution in [0.1, 0.15) is 25.5 Å². The van der Waals surface area contributed by atoms with E-state index in [2.05, 4.69) is 15.3 Å². The first-order valence-corrected chi connectivity index (χ1v) is 7.99. The van der Waals surface area contributed by atoms with E-state index in [9.17, 15) is 4.79 Å². The van der Waals surface area contributed by atoms with Gasteiger partial charge in [-0.15, -0.1) is 11.8 Å². The predicted molar refractivity (Wildman–Crippen MR) is 82.5 cm³/mol. The van der Waals surface area contributed by atoms with Crippen molar-refractivity contribution in [1.82, 2.24) is 14.9 Å². The summed E-state index contributed by atoms with van der Waals surface area (Å²) in [6.45, 7) is 2.05. The number of aromatic nitrogens is 2. The van der Waals surface area contributed by atoms with Crippen molar-refractivity contribution < 1.29 is 4.79 Å². The van der Waals surface area contributed by atoms with Gasteiger partial charge in [0.2, 0.25) is 11.2 Å². The lowest BCUT2D eigenvalue weighted by atomic mass is 10.1. The van der Waals surface area contributed by atoms with Gasteiger partial charge in [-0.05, 0) is 24.9 Å². The number of halogens is 1. The molecule has 2 rings (SSSR count). The van der Waals surface area contributed by atoms with E-state index in [1.54, 1.807) is 30.8 Å². The van der Waals surface area contributed by atoms with Gasteiger partial charge in [0.15, 0.2) is 0 Å². The zero-order chi connectivity index (χ0) is 14.7. The third-order valence-corrected chi connectivity index (χ3v) is 4.46. The molecule has 1 aromatic heterocycles. The highest BCUT2D eigenvalue weighted by Gasteiger charge is 2.20. The number of nitrogens with one attached hydrogen (secondary N) is 1. The second-order valence-electron chi connectivity index (χ2n) is 5.09. The van der Waals surface area contributed by atoms with Gasteiger partial charge < -0.3 is 10.2 Å². The van der Waals surface area contributed by atoms with E-state index >= 15 is 0 Å². The Morgan fingerprint density at radius 2 is 2.25 bits per heavy atom. The maximum absolute atomic E-state index is 11.6. The number of hydrogen-bond donors (Lipinski definition) is 1. The Labute approximate surface area is 128 Å². The van der Waals surface area contributed by atoms with Crippen molar-refractivity contribution >= 4 is 35.1 Å². The van der Waals surface area contributed by atoms with Gasteiger partial charge >= 0.3 is 0 Å². The predicted octanol–water partition coefficient (Wildman–Crippen LogP) is 2.45. The Kier molecular flexibility index (Phi) is 5.10. The van der Waals surface area contributed by atoms with Crippen molar-refractivity contribution in [2.24, 2.45) is 0 Å². The van der Waals surface area contributed by atoms with Crippen molar-refractivity contribution in [2.75, 3.05) is 25.2 Å². The topological polar surface area (TPSA) is 58.1 Å². The Morgan fingerprint density at radius 3 is 2.95 bits per heavy atom. The average Bonchev–Trinajstić information content (AvgIpc) is 2.83. The molecule has 0 aromatic carbocycles. The van der Waals surface area contributed by atoms with Crippen LogP contribution in [0.4, 0.5) is 5.82 Å². The molecule has 1 atom stereocenters. The molecule has 0 fully saturated rings. The highest BCUT2D eigenvalue weighted by atomic mass is 35.5. The van der Waals surface area contributed by atoms with Crippen LogP contribution < -0.4 is 5.32 Å². The molecule has 1 aromatic rings. The maximum Gasteiger partial charge on any atom is 0.224 e. The fraction of sp³-hybridized carbons (Fsp3) is 0.615. The number of fused-ring (bicyclic) bond motifs is 1. The fourth-order valence-electron chi connectivity index (χ4n) is 2.00. The van der Waals surface area contributed by atoms with Crippen molar-refractivity contribution in [2.45, 2.75) is 37.1 Å². The van der Waals surface area contributed by atoms with Gasteiger partial charge in [-0.25, -0.2) is 4.98 Å². The molecule has 1 aliphatic rings. The first-order valence-electron chi connectivity index (χ1n) is 6.63. The lowest BCUT2D eigenvalue weighted by molar-refractivity contribution is -0.128. The minimum atomic E-state index is 0.138. The van der Waals surface area contributed by atoms with Gasteiger partial charge in [-0.1, -0.05) is 0 Å². The molecule has 1 N–H and O–H groups in total. The van der Waals surface area contributed by atoms with Crippen molar-refractivity contribution in [3.8, 4) is 0 Å². The minimum Gasteiger partial charge on any atom is -0.367 e. The zero-order valence-corrected chi connectivity index (χ0v) is 13.5. The Balaban J connectivity index is 1.98. The molecule has 0 unspecified atom stereocenters. The molecule has 2 heterocycles. The lowest BCUT2D eigenvalue weighted by Crippen LogP contribution is -2.25. The van der Waals surface area contributed by atoms with Gasteiger partial charge in [-0.2, -0.15) is 4.98 Å². The van der Waals surface area contributed by atoms with Crippen LogP contribution in [0.3, 0.4) is 0 Å². The first kappa shape index (κ1) is 15.4. The van der Waals surface area contributed by atoms with Gasteiger partial charge in [-0.3, -0.25) is 4.79 Å². The molecule has 0 saturated carbocycles. The molecule has 0 spiro atoms. The average molecular weight is 315 g/mol. The second kappa shape index (κ2) is 6.63. The van der Waals surface area contributed by atoms with Gasteiger partial charge in [0, 0.05) is 38.7 Å². The number of rotatable bonds is 5. The summed E-state index contributed by atoms with van der Waals surface area (Å²) in [5.74, 6) is 1.96. The summed E-state index contributed by atoms with van der Waals surface area (Å²) in [5.41, 5.74) is 1.02. The quantitative estimate of drug-likeness (QED) is 0.846. The Morgan fingerprint density at radius 1 is 1.50 bits per heavy atom. The second-order valence-corrected chi connectivity index (χ2v) is 6.53. The maximum atomic E-state index is 11.6. The SMILES string of the molecule is C[C@H](CCC(=O)N(C)C)Nc1nc(Cl)nc2c1SCC2. The van der Waals surface area contributed by atoms with Crippen LogP contribution in [0, 0.1) is 0 Å². The lowest BCUT2D eigenvalue weighted by Gasteiger charge is -2.17. The summed E-state index contributed by atoms with van der Waals surface area (Å²) in [6, 6.07) is 0.162. The summed E-state index contributed by atoms with van der Waals surface area (Å²) in [6.07, 6.45) is 2.22. The van der Waals surface area contributed by atoms with Crippen LogP contribution in [0.5, 0.6) is 0 Å². The number of anilines is 1. The molecule has 0 radical (unpaired) electrons. The minimum absolute atomic E-state index is 0.138. The summed E-state index contributed by atoms with van der Waals surface area (Å²) in [5, 5.41) is 3.63. The van der Waals surface area contributed by atoms with Crippen LogP contribution in [0.2, 0.25) is 5.28 Å². The number of thioether (sulfide) groups is 1. The van der Waals surface area contributed by atoms with E-state index in [1.807, 2.05) is 6.92 Å². The molecule has 110 valence electrons. The van der Waals surface area contributed by atoms with E-state index in [-0.39, 0.29) is 17.2 Å².